The summed E-state index contributed by atoms with van der Waals surface area (Å²) in [5.41, 5.74) is 2.52. The van der Waals surface area contributed by atoms with Crippen LogP contribution in [0.25, 0.3) is 0 Å². The molecule has 1 fully saturated rings. The van der Waals surface area contributed by atoms with Gasteiger partial charge in [0.05, 0.1) is 6.54 Å². The Labute approximate surface area is 172 Å². The molecule has 4 rings (SSSR count). The number of hydrogen-bond donors (Lipinski definition) is 2. The molecule has 2 N–H and O–H groups in total. The number of hydrogen-bond acceptors (Lipinski definition) is 4. The van der Waals surface area contributed by atoms with E-state index in [1.54, 1.807) is 0 Å². The second-order valence-electron chi connectivity index (χ2n) is 7.50. The minimum Gasteiger partial charge on any atom is -0.454 e. The zero-order valence-electron chi connectivity index (χ0n) is 16.9. The van der Waals surface area contributed by atoms with Crippen LogP contribution in [0.2, 0.25) is 0 Å². The second kappa shape index (κ2) is 9.18. The molecule has 0 unspecified atom stereocenters. The van der Waals surface area contributed by atoms with Crippen molar-refractivity contribution in [1.29, 1.82) is 0 Å². The topological polar surface area (TPSA) is 64.1 Å². The number of nitrogens with one attached hydrogen (secondary N) is 2. The maximum absolute atomic E-state index is 5.65. The molecule has 0 amide bonds. The quantitative estimate of drug-likeness (QED) is 0.581. The van der Waals surface area contributed by atoms with Crippen LogP contribution in [0.4, 0.5) is 0 Å². The monoisotopic (exact) mass is 395 g/mol. The highest BCUT2D eigenvalue weighted by Crippen LogP contribution is 2.34. The van der Waals surface area contributed by atoms with Gasteiger partial charge in [0.25, 0.3) is 0 Å². The zero-order valence-corrected chi connectivity index (χ0v) is 16.9. The average molecular weight is 396 g/mol. The van der Waals surface area contributed by atoms with E-state index in [4.69, 9.17) is 19.2 Å². The Kier molecular flexibility index (Phi) is 6.20. The van der Waals surface area contributed by atoms with E-state index >= 15 is 0 Å². The molecule has 0 atom stereocenters. The van der Waals surface area contributed by atoms with Crippen LogP contribution in [0.15, 0.2) is 53.5 Å². The first-order chi connectivity index (χ1) is 14.3. The van der Waals surface area contributed by atoms with Crippen molar-refractivity contribution in [3.05, 3.63) is 59.7 Å². The molecule has 29 heavy (non-hydrogen) atoms. The molecule has 2 aliphatic heterocycles. The maximum atomic E-state index is 5.65. The van der Waals surface area contributed by atoms with E-state index in [2.05, 4.69) is 47.9 Å². The number of fused-ring (bicyclic) bond motifs is 1. The summed E-state index contributed by atoms with van der Waals surface area (Å²) in [6, 6.07) is 16.7. The lowest BCUT2D eigenvalue weighted by molar-refractivity contribution is 0.0514. The van der Waals surface area contributed by atoms with E-state index in [0.717, 1.165) is 62.2 Å². The summed E-state index contributed by atoms with van der Waals surface area (Å²) < 4.78 is 16.5. The molecule has 6 heteroatoms. The standard InChI is InChI=1S/C23H29N3O3/c1-2-24-22(25-15-18-8-9-20-21(14-18)29-17-28-20)26-16-23(10-12-27-13-11-23)19-6-4-3-5-7-19/h3-9,14H,2,10-13,15-17H2,1H3,(H2,24,25,26). The van der Waals surface area contributed by atoms with Gasteiger partial charge in [-0.15, -0.1) is 0 Å². The Morgan fingerprint density at radius 1 is 1.00 bits per heavy atom. The summed E-state index contributed by atoms with van der Waals surface area (Å²) in [4.78, 5) is 4.79. The highest BCUT2D eigenvalue weighted by molar-refractivity contribution is 5.79. The maximum Gasteiger partial charge on any atom is 0.231 e. The SMILES string of the molecule is CCNC(=NCc1ccc2c(c1)OCO2)NCC1(c2ccccc2)CCOCC1. The van der Waals surface area contributed by atoms with Crippen molar-refractivity contribution in [2.24, 2.45) is 4.99 Å². The summed E-state index contributed by atoms with van der Waals surface area (Å²) in [5.74, 6) is 2.42. The normalized spacial score (nSPS) is 17.8. The second-order valence-corrected chi connectivity index (χ2v) is 7.50. The first-order valence-electron chi connectivity index (χ1n) is 10.3. The third-order valence-corrected chi connectivity index (χ3v) is 5.63. The first-order valence-corrected chi connectivity index (χ1v) is 10.3. The lowest BCUT2D eigenvalue weighted by atomic mass is 9.74. The lowest BCUT2D eigenvalue weighted by Crippen LogP contribution is -2.48. The van der Waals surface area contributed by atoms with Gasteiger partial charge in [-0.1, -0.05) is 36.4 Å². The molecule has 1 saturated heterocycles. The fourth-order valence-electron chi connectivity index (χ4n) is 3.93. The minimum absolute atomic E-state index is 0.0639. The number of nitrogens with zero attached hydrogens (tertiary/aromatic N) is 1. The smallest absolute Gasteiger partial charge is 0.231 e. The van der Waals surface area contributed by atoms with Crippen molar-refractivity contribution in [3.8, 4) is 11.5 Å². The van der Waals surface area contributed by atoms with Crippen molar-refractivity contribution < 1.29 is 14.2 Å². The van der Waals surface area contributed by atoms with Crippen LogP contribution in [0.1, 0.15) is 30.9 Å². The fraction of sp³-hybridized carbons (Fsp3) is 0.435. The zero-order chi connectivity index (χ0) is 19.9. The highest BCUT2D eigenvalue weighted by atomic mass is 16.7. The van der Waals surface area contributed by atoms with Crippen LogP contribution in [-0.2, 0) is 16.7 Å². The highest BCUT2D eigenvalue weighted by Gasteiger charge is 2.34. The minimum atomic E-state index is 0.0639. The molecular formula is C23H29N3O3. The Morgan fingerprint density at radius 2 is 1.79 bits per heavy atom. The molecule has 0 spiro atoms. The molecule has 0 aliphatic carbocycles. The summed E-state index contributed by atoms with van der Waals surface area (Å²) in [6.07, 6.45) is 2.01. The molecule has 2 heterocycles. The van der Waals surface area contributed by atoms with Crippen molar-refractivity contribution in [2.75, 3.05) is 33.1 Å². The predicted octanol–water partition coefficient (Wildman–Crippen LogP) is 3.22. The predicted molar refractivity (Wildman–Crippen MR) is 114 cm³/mol. The molecule has 0 bridgehead atoms. The van der Waals surface area contributed by atoms with Gasteiger partial charge < -0.3 is 24.8 Å². The van der Waals surface area contributed by atoms with Gasteiger partial charge >= 0.3 is 0 Å². The molecule has 0 saturated carbocycles. The van der Waals surface area contributed by atoms with Crippen molar-refractivity contribution in [2.45, 2.75) is 31.7 Å². The number of rotatable bonds is 6. The third-order valence-electron chi connectivity index (χ3n) is 5.63. The van der Waals surface area contributed by atoms with Crippen molar-refractivity contribution in [1.82, 2.24) is 10.6 Å². The van der Waals surface area contributed by atoms with Crippen LogP contribution < -0.4 is 20.1 Å². The van der Waals surface area contributed by atoms with Gasteiger partial charge in [-0.05, 0) is 43.0 Å². The molecule has 154 valence electrons. The van der Waals surface area contributed by atoms with Crippen LogP contribution in [0.5, 0.6) is 11.5 Å². The molecule has 2 aromatic rings. The van der Waals surface area contributed by atoms with Crippen LogP contribution >= 0.6 is 0 Å². The Morgan fingerprint density at radius 3 is 2.59 bits per heavy atom. The number of benzene rings is 2. The summed E-state index contributed by atoms with van der Waals surface area (Å²) >= 11 is 0. The number of ether oxygens (including phenoxy) is 3. The molecule has 0 aromatic heterocycles. The molecule has 2 aromatic carbocycles. The Hall–Kier alpha value is -2.73. The van der Waals surface area contributed by atoms with Crippen LogP contribution in [0.3, 0.4) is 0 Å². The van der Waals surface area contributed by atoms with E-state index in [-0.39, 0.29) is 12.2 Å². The van der Waals surface area contributed by atoms with Gasteiger partial charge in [-0.3, -0.25) is 0 Å². The van der Waals surface area contributed by atoms with Gasteiger partial charge in [-0.2, -0.15) is 0 Å². The molecule has 0 radical (unpaired) electrons. The molecule has 6 nitrogen and oxygen atoms in total. The lowest BCUT2D eigenvalue weighted by Gasteiger charge is -2.38. The van der Waals surface area contributed by atoms with Crippen molar-refractivity contribution >= 4 is 5.96 Å². The van der Waals surface area contributed by atoms with E-state index < -0.39 is 0 Å². The Balaban J connectivity index is 1.46. The van der Waals surface area contributed by atoms with Gasteiger partial charge in [0.2, 0.25) is 6.79 Å². The van der Waals surface area contributed by atoms with Gasteiger partial charge in [-0.25, -0.2) is 4.99 Å². The van der Waals surface area contributed by atoms with E-state index in [0.29, 0.717) is 6.54 Å². The summed E-state index contributed by atoms with van der Waals surface area (Å²) in [5, 5.41) is 6.94. The van der Waals surface area contributed by atoms with E-state index in [1.807, 2.05) is 18.2 Å². The van der Waals surface area contributed by atoms with E-state index in [1.165, 1.54) is 5.56 Å². The largest absolute Gasteiger partial charge is 0.454 e. The average Bonchev–Trinajstić information content (AvgIpc) is 3.25. The van der Waals surface area contributed by atoms with Crippen LogP contribution in [-0.4, -0.2) is 39.1 Å². The van der Waals surface area contributed by atoms with Gasteiger partial charge in [0, 0.05) is 31.7 Å². The van der Waals surface area contributed by atoms with Gasteiger partial charge in [0.15, 0.2) is 17.5 Å². The molecule has 2 aliphatic rings. The van der Waals surface area contributed by atoms with Gasteiger partial charge in [0.1, 0.15) is 0 Å². The number of guanidine groups is 1. The summed E-state index contributed by atoms with van der Waals surface area (Å²) in [7, 11) is 0. The van der Waals surface area contributed by atoms with E-state index in [9.17, 15) is 0 Å². The molecular weight excluding hydrogens is 366 g/mol. The third kappa shape index (κ3) is 4.65. The summed E-state index contributed by atoms with van der Waals surface area (Å²) in [6.45, 7) is 6.18. The van der Waals surface area contributed by atoms with Crippen LogP contribution in [0, 0.1) is 0 Å². The first kappa shape index (κ1) is 19.6. The fourth-order valence-corrected chi connectivity index (χ4v) is 3.93. The Bertz CT molecular complexity index is 833. The number of aliphatic imine (C=N–C) groups is 1. The van der Waals surface area contributed by atoms with Crippen molar-refractivity contribution in [3.63, 3.8) is 0 Å².